The fourth-order valence-electron chi connectivity index (χ4n) is 3.01. The van der Waals surface area contributed by atoms with Crippen molar-refractivity contribution in [3.8, 4) is 0 Å². The lowest BCUT2D eigenvalue weighted by Gasteiger charge is -2.11. The molecule has 1 aliphatic carbocycles. The van der Waals surface area contributed by atoms with Crippen LogP contribution >= 0.6 is 11.6 Å². The van der Waals surface area contributed by atoms with E-state index in [2.05, 4.69) is 29.4 Å². The zero-order valence-electron chi connectivity index (χ0n) is 10.2. The number of hydrogen-bond donors (Lipinski definition) is 0. The molecule has 19 heavy (non-hydrogen) atoms. The second-order valence-corrected chi connectivity index (χ2v) is 5.44. The Bertz CT molecular complexity index is 663. The molecule has 0 radical (unpaired) electrons. The minimum absolute atomic E-state index is 0.156. The molecule has 3 heteroatoms. The van der Waals surface area contributed by atoms with E-state index in [0.29, 0.717) is 0 Å². The van der Waals surface area contributed by atoms with Gasteiger partial charge < -0.3 is 4.84 Å². The molecule has 0 saturated heterocycles. The Morgan fingerprint density at radius 2 is 1.84 bits per heavy atom. The molecular weight excluding hydrogens is 258 g/mol. The van der Waals surface area contributed by atoms with Gasteiger partial charge in [0, 0.05) is 17.0 Å². The molecule has 1 aliphatic heterocycles. The first-order valence-electron chi connectivity index (χ1n) is 6.40. The van der Waals surface area contributed by atoms with Crippen LogP contribution in [0.1, 0.15) is 22.6 Å². The molecule has 94 valence electrons. The van der Waals surface area contributed by atoms with Crippen molar-refractivity contribution in [3.63, 3.8) is 0 Å². The lowest BCUT2D eigenvalue weighted by molar-refractivity contribution is 0.0839. The molecule has 0 aromatic heterocycles. The standard InChI is InChI=1S/C16H12ClNO/c17-12-7-5-10(6-8-12)16-15-13-4-2-1-3-11(13)9-14(15)19-18-16/h1-8,14-15H,9H2/t14-,15+/m1/s1. The third kappa shape index (κ3) is 1.67. The maximum atomic E-state index is 5.94. The van der Waals surface area contributed by atoms with Crippen molar-refractivity contribution < 1.29 is 4.84 Å². The van der Waals surface area contributed by atoms with Crippen LogP contribution in [0.3, 0.4) is 0 Å². The van der Waals surface area contributed by atoms with E-state index in [4.69, 9.17) is 16.4 Å². The number of fused-ring (bicyclic) bond motifs is 3. The summed E-state index contributed by atoms with van der Waals surface area (Å²) in [4.78, 5) is 5.61. The highest BCUT2D eigenvalue weighted by atomic mass is 35.5. The molecular formula is C16H12ClNO. The summed E-state index contributed by atoms with van der Waals surface area (Å²) >= 11 is 5.94. The van der Waals surface area contributed by atoms with Gasteiger partial charge in [0.15, 0.2) is 0 Å². The van der Waals surface area contributed by atoms with Crippen LogP contribution in [-0.2, 0) is 11.3 Å². The lowest BCUT2D eigenvalue weighted by atomic mass is 9.91. The molecule has 0 spiro atoms. The molecule has 2 aromatic rings. The van der Waals surface area contributed by atoms with Crippen LogP contribution in [0.2, 0.25) is 5.02 Å². The number of nitrogens with zero attached hydrogens (tertiary/aromatic N) is 1. The van der Waals surface area contributed by atoms with Gasteiger partial charge in [0.2, 0.25) is 0 Å². The summed E-state index contributed by atoms with van der Waals surface area (Å²) < 4.78 is 0. The first-order valence-corrected chi connectivity index (χ1v) is 6.78. The van der Waals surface area contributed by atoms with Crippen LogP contribution in [0.4, 0.5) is 0 Å². The Kier molecular flexibility index (Phi) is 2.39. The second-order valence-electron chi connectivity index (χ2n) is 5.01. The first-order chi connectivity index (χ1) is 9.33. The summed E-state index contributed by atoms with van der Waals surface area (Å²) in [6, 6.07) is 16.3. The number of hydrogen-bond acceptors (Lipinski definition) is 2. The molecule has 2 aromatic carbocycles. The SMILES string of the molecule is Clc1ccc(C2=NO[C@@H]3Cc4ccccc4[C@H]23)cc1. The van der Waals surface area contributed by atoms with Crippen molar-refractivity contribution in [3.05, 3.63) is 70.2 Å². The quantitative estimate of drug-likeness (QED) is 0.772. The maximum Gasteiger partial charge on any atom is 0.144 e. The summed E-state index contributed by atoms with van der Waals surface area (Å²) in [5.41, 5.74) is 4.83. The van der Waals surface area contributed by atoms with Crippen LogP contribution in [0, 0.1) is 0 Å². The van der Waals surface area contributed by atoms with Crippen LogP contribution in [0.25, 0.3) is 0 Å². The fraction of sp³-hybridized carbons (Fsp3) is 0.188. The molecule has 2 nitrogen and oxygen atoms in total. The normalized spacial score (nSPS) is 23.5. The minimum atomic E-state index is 0.156. The van der Waals surface area contributed by atoms with Crippen molar-refractivity contribution in [2.75, 3.05) is 0 Å². The Balaban J connectivity index is 1.78. The van der Waals surface area contributed by atoms with Crippen LogP contribution in [0.5, 0.6) is 0 Å². The third-order valence-corrected chi connectivity index (χ3v) is 4.16. The Morgan fingerprint density at radius 3 is 2.68 bits per heavy atom. The van der Waals surface area contributed by atoms with Crippen LogP contribution in [-0.4, -0.2) is 11.8 Å². The third-order valence-electron chi connectivity index (χ3n) is 3.90. The molecule has 0 amide bonds. The van der Waals surface area contributed by atoms with E-state index >= 15 is 0 Å². The molecule has 4 rings (SSSR count). The average molecular weight is 270 g/mol. The van der Waals surface area contributed by atoms with E-state index < -0.39 is 0 Å². The summed E-state index contributed by atoms with van der Waals surface area (Å²) in [6.45, 7) is 0. The van der Waals surface area contributed by atoms with Gasteiger partial charge in [-0.3, -0.25) is 0 Å². The van der Waals surface area contributed by atoms with E-state index in [1.165, 1.54) is 11.1 Å². The summed E-state index contributed by atoms with van der Waals surface area (Å²) in [6.07, 6.45) is 1.10. The van der Waals surface area contributed by atoms with Crippen molar-refractivity contribution >= 4 is 17.3 Å². The molecule has 0 N–H and O–H groups in total. The number of halogens is 1. The summed E-state index contributed by atoms with van der Waals surface area (Å²) in [7, 11) is 0. The fourth-order valence-corrected chi connectivity index (χ4v) is 3.14. The van der Waals surface area contributed by atoms with Gasteiger partial charge in [-0.25, -0.2) is 0 Å². The topological polar surface area (TPSA) is 21.6 Å². The number of oxime groups is 1. The van der Waals surface area contributed by atoms with Crippen molar-refractivity contribution in [1.29, 1.82) is 0 Å². The van der Waals surface area contributed by atoms with Gasteiger partial charge in [-0.15, -0.1) is 0 Å². The largest absolute Gasteiger partial charge is 0.391 e. The molecule has 0 bridgehead atoms. The van der Waals surface area contributed by atoms with Crippen molar-refractivity contribution in [2.45, 2.75) is 18.4 Å². The zero-order chi connectivity index (χ0) is 12.8. The summed E-state index contributed by atoms with van der Waals surface area (Å²) in [5.74, 6) is 0.261. The zero-order valence-corrected chi connectivity index (χ0v) is 11.0. The summed E-state index contributed by atoms with van der Waals surface area (Å²) in [5, 5.41) is 5.03. The smallest absolute Gasteiger partial charge is 0.144 e. The predicted octanol–water partition coefficient (Wildman–Crippen LogP) is 3.78. The van der Waals surface area contributed by atoms with Gasteiger partial charge in [-0.1, -0.05) is 53.2 Å². The maximum absolute atomic E-state index is 5.94. The predicted molar refractivity (Wildman–Crippen MR) is 75.7 cm³/mol. The Hall–Kier alpha value is -1.80. The highest BCUT2D eigenvalue weighted by Gasteiger charge is 2.42. The number of rotatable bonds is 1. The van der Waals surface area contributed by atoms with E-state index in [-0.39, 0.29) is 12.0 Å². The Morgan fingerprint density at radius 1 is 1.05 bits per heavy atom. The van der Waals surface area contributed by atoms with Gasteiger partial charge in [-0.2, -0.15) is 0 Å². The average Bonchev–Trinajstić information content (AvgIpc) is 2.98. The van der Waals surface area contributed by atoms with Gasteiger partial charge in [0.05, 0.1) is 11.6 Å². The van der Waals surface area contributed by atoms with E-state index in [1.807, 2.05) is 24.3 Å². The van der Waals surface area contributed by atoms with Crippen LogP contribution in [0.15, 0.2) is 53.7 Å². The molecule has 2 atom stereocenters. The van der Waals surface area contributed by atoms with Gasteiger partial charge in [0.1, 0.15) is 6.10 Å². The molecule has 1 heterocycles. The molecule has 0 fully saturated rings. The van der Waals surface area contributed by atoms with E-state index in [9.17, 15) is 0 Å². The first kappa shape index (κ1) is 11.1. The molecule has 0 unspecified atom stereocenters. The molecule has 0 saturated carbocycles. The van der Waals surface area contributed by atoms with Gasteiger partial charge in [0.25, 0.3) is 0 Å². The Labute approximate surface area is 116 Å². The monoisotopic (exact) mass is 269 g/mol. The highest BCUT2D eigenvalue weighted by molar-refractivity contribution is 6.30. The minimum Gasteiger partial charge on any atom is -0.391 e. The second kappa shape index (κ2) is 4.10. The lowest BCUT2D eigenvalue weighted by Crippen LogP contribution is -2.17. The van der Waals surface area contributed by atoms with E-state index in [1.54, 1.807) is 0 Å². The molecule has 2 aliphatic rings. The van der Waals surface area contributed by atoms with Crippen LogP contribution < -0.4 is 0 Å². The van der Waals surface area contributed by atoms with Gasteiger partial charge >= 0.3 is 0 Å². The van der Waals surface area contributed by atoms with Gasteiger partial charge in [-0.05, 0) is 23.3 Å². The number of benzene rings is 2. The highest BCUT2D eigenvalue weighted by Crippen LogP contribution is 2.41. The van der Waals surface area contributed by atoms with E-state index in [0.717, 1.165) is 22.7 Å². The van der Waals surface area contributed by atoms with Crippen molar-refractivity contribution in [1.82, 2.24) is 0 Å². The van der Waals surface area contributed by atoms with Crippen molar-refractivity contribution in [2.24, 2.45) is 5.16 Å².